The zero-order valence-electron chi connectivity index (χ0n) is 15.7. The van der Waals surface area contributed by atoms with Crippen molar-refractivity contribution in [2.75, 3.05) is 17.3 Å². The maximum atomic E-state index is 12.7. The summed E-state index contributed by atoms with van der Waals surface area (Å²) in [4.78, 5) is 39.2. The summed E-state index contributed by atoms with van der Waals surface area (Å²) in [6, 6.07) is 15.0. The largest absolute Gasteiger partial charge is 0.494 e. The van der Waals surface area contributed by atoms with Crippen LogP contribution in [0.5, 0.6) is 5.75 Å². The fourth-order valence-electron chi connectivity index (χ4n) is 3.08. The lowest BCUT2D eigenvalue weighted by Crippen LogP contribution is -2.33. The lowest BCUT2D eigenvalue weighted by atomic mass is 10.1. The highest BCUT2D eigenvalue weighted by Gasteiger charge is 2.37. The lowest BCUT2D eigenvalue weighted by molar-refractivity contribution is 0.0923. The van der Waals surface area contributed by atoms with Gasteiger partial charge in [-0.05, 0) is 47.9 Å². The predicted molar refractivity (Wildman–Crippen MR) is 119 cm³/mol. The summed E-state index contributed by atoms with van der Waals surface area (Å²) in [5, 5.41) is 7.41. The van der Waals surface area contributed by atoms with Crippen LogP contribution >= 0.6 is 23.6 Å². The average molecular weight is 438 g/mol. The standard InChI is InChI=1S/C21H15N3O4S2/c1-28-16-11-12(22-21(29)23-18(25)17-7-4-10-30-17)8-9-15(16)24-19(26)13-5-2-3-6-14(13)20(24)27/h2-11H,1H3,(H2,22,23,25,29). The monoisotopic (exact) mass is 437 g/mol. The number of carbonyl (C=O) groups excluding carboxylic acids is 3. The molecule has 0 bridgehead atoms. The number of fused-ring (bicyclic) bond motifs is 1. The van der Waals surface area contributed by atoms with E-state index in [9.17, 15) is 14.4 Å². The van der Waals surface area contributed by atoms with Crippen LogP contribution in [0.4, 0.5) is 11.4 Å². The summed E-state index contributed by atoms with van der Waals surface area (Å²) < 4.78 is 5.40. The number of nitrogens with one attached hydrogen (secondary N) is 2. The zero-order chi connectivity index (χ0) is 21.3. The Labute approximate surface area is 181 Å². The fourth-order valence-corrected chi connectivity index (χ4v) is 3.91. The van der Waals surface area contributed by atoms with Gasteiger partial charge in [-0.25, -0.2) is 4.90 Å². The molecule has 2 N–H and O–H groups in total. The molecule has 0 unspecified atom stereocenters. The van der Waals surface area contributed by atoms with Crippen molar-refractivity contribution in [1.82, 2.24) is 5.32 Å². The number of imide groups is 1. The number of nitrogens with zero attached hydrogens (tertiary/aromatic N) is 1. The van der Waals surface area contributed by atoms with E-state index in [0.717, 1.165) is 4.90 Å². The second-order valence-electron chi connectivity index (χ2n) is 6.26. The number of hydrogen-bond donors (Lipinski definition) is 2. The number of methoxy groups -OCH3 is 1. The Hall–Kier alpha value is -3.56. The fraction of sp³-hybridized carbons (Fsp3) is 0.0476. The van der Waals surface area contributed by atoms with Crippen LogP contribution in [0.25, 0.3) is 0 Å². The van der Waals surface area contributed by atoms with E-state index in [4.69, 9.17) is 17.0 Å². The van der Waals surface area contributed by atoms with Crippen LogP contribution < -0.4 is 20.3 Å². The smallest absolute Gasteiger partial charge is 0.267 e. The summed E-state index contributed by atoms with van der Waals surface area (Å²) in [7, 11) is 1.44. The molecule has 0 radical (unpaired) electrons. The first kappa shape index (κ1) is 19.7. The van der Waals surface area contributed by atoms with Gasteiger partial charge >= 0.3 is 0 Å². The molecule has 0 aliphatic carbocycles. The van der Waals surface area contributed by atoms with E-state index in [2.05, 4.69) is 10.6 Å². The van der Waals surface area contributed by atoms with Crippen molar-refractivity contribution in [3.8, 4) is 5.75 Å². The van der Waals surface area contributed by atoms with Gasteiger partial charge in [0.2, 0.25) is 0 Å². The second kappa shape index (κ2) is 8.05. The van der Waals surface area contributed by atoms with E-state index in [1.807, 2.05) is 0 Å². The third-order valence-electron chi connectivity index (χ3n) is 4.44. The summed E-state index contributed by atoms with van der Waals surface area (Å²) in [6.07, 6.45) is 0. The van der Waals surface area contributed by atoms with E-state index in [-0.39, 0.29) is 11.0 Å². The maximum absolute atomic E-state index is 12.7. The van der Waals surface area contributed by atoms with Crippen molar-refractivity contribution >= 4 is 57.8 Å². The zero-order valence-corrected chi connectivity index (χ0v) is 17.3. The highest BCUT2D eigenvalue weighted by molar-refractivity contribution is 7.80. The number of thiocarbonyl (C=S) groups is 1. The number of ether oxygens (including phenoxy) is 1. The SMILES string of the molecule is COc1cc(NC(=S)NC(=O)c2cccs2)ccc1N1C(=O)c2ccccc2C1=O. The Morgan fingerprint density at radius 1 is 1.03 bits per heavy atom. The first-order valence-corrected chi connectivity index (χ1v) is 10.1. The number of thiophene rings is 1. The number of amides is 3. The van der Waals surface area contributed by atoms with Crippen LogP contribution in [0.3, 0.4) is 0 Å². The predicted octanol–water partition coefficient (Wildman–Crippen LogP) is 3.68. The number of hydrogen-bond acceptors (Lipinski definition) is 6. The minimum Gasteiger partial charge on any atom is -0.494 e. The summed E-state index contributed by atoms with van der Waals surface area (Å²) in [6.45, 7) is 0. The van der Waals surface area contributed by atoms with Gasteiger partial charge in [0, 0.05) is 11.8 Å². The third kappa shape index (κ3) is 3.56. The Kier molecular flexibility index (Phi) is 5.30. The van der Waals surface area contributed by atoms with E-state index < -0.39 is 11.8 Å². The van der Waals surface area contributed by atoms with Gasteiger partial charge in [0.15, 0.2) is 5.11 Å². The van der Waals surface area contributed by atoms with Gasteiger partial charge in [0.25, 0.3) is 17.7 Å². The topological polar surface area (TPSA) is 87.7 Å². The Balaban J connectivity index is 1.54. The Morgan fingerprint density at radius 3 is 2.33 bits per heavy atom. The second-order valence-corrected chi connectivity index (χ2v) is 7.62. The van der Waals surface area contributed by atoms with E-state index in [1.54, 1.807) is 60.0 Å². The van der Waals surface area contributed by atoms with Gasteiger partial charge in [-0.2, -0.15) is 0 Å². The van der Waals surface area contributed by atoms with Gasteiger partial charge in [-0.1, -0.05) is 18.2 Å². The third-order valence-corrected chi connectivity index (χ3v) is 5.52. The van der Waals surface area contributed by atoms with Crippen LogP contribution in [0.2, 0.25) is 0 Å². The molecule has 4 rings (SSSR count). The van der Waals surface area contributed by atoms with Crippen molar-refractivity contribution in [1.29, 1.82) is 0 Å². The molecule has 1 aliphatic rings. The molecule has 30 heavy (non-hydrogen) atoms. The minimum absolute atomic E-state index is 0.115. The molecule has 150 valence electrons. The molecule has 9 heteroatoms. The Morgan fingerprint density at radius 2 is 1.73 bits per heavy atom. The van der Waals surface area contributed by atoms with Gasteiger partial charge in [0.05, 0.1) is 28.8 Å². The molecule has 0 spiro atoms. The Bertz CT molecular complexity index is 1140. The lowest BCUT2D eigenvalue weighted by Gasteiger charge is -2.18. The quantitative estimate of drug-likeness (QED) is 0.478. The number of anilines is 2. The van der Waals surface area contributed by atoms with Crippen molar-refractivity contribution in [2.45, 2.75) is 0 Å². The highest BCUT2D eigenvalue weighted by atomic mass is 32.1. The van der Waals surface area contributed by atoms with Gasteiger partial charge in [-0.15, -0.1) is 11.3 Å². The summed E-state index contributed by atoms with van der Waals surface area (Å²) in [5.74, 6) is -0.819. The van der Waals surface area contributed by atoms with Crippen molar-refractivity contribution in [2.24, 2.45) is 0 Å². The molecule has 0 saturated heterocycles. The molecular weight excluding hydrogens is 422 g/mol. The van der Waals surface area contributed by atoms with Crippen LogP contribution in [-0.2, 0) is 0 Å². The number of carbonyl (C=O) groups is 3. The molecule has 3 aromatic rings. The van der Waals surface area contributed by atoms with Crippen molar-refractivity contribution in [3.63, 3.8) is 0 Å². The molecule has 1 aromatic heterocycles. The molecule has 2 heterocycles. The molecule has 7 nitrogen and oxygen atoms in total. The number of benzene rings is 2. The molecule has 1 aliphatic heterocycles. The number of rotatable bonds is 4. The van der Waals surface area contributed by atoms with Crippen molar-refractivity contribution in [3.05, 3.63) is 76.0 Å². The maximum Gasteiger partial charge on any atom is 0.267 e. The first-order valence-electron chi connectivity index (χ1n) is 8.81. The summed E-state index contributed by atoms with van der Waals surface area (Å²) >= 11 is 6.50. The molecular formula is C21H15N3O4S2. The first-order chi connectivity index (χ1) is 14.5. The molecule has 2 aromatic carbocycles. The normalized spacial score (nSPS) is 12.5. The highest BCUT2D eigenvalue weighted by Crippen LogP contribution is 2.36. The molecule has 0 fully saturated rings. The van der Waals surface area contributed by atoms with Gasteiger partial charge in [0.1, 0.15) is 5.75 Å². The average Bonchev–Trinajstić information content (AvgIpc) is 3.36. The van der Waals surface area contributed by atoms with Crippen LogP contribution in [0, 0.1) is 0 Å². The molecule has 3 amide bonds. The van der Waals surface area contributed by atoms with Gasteiger partial charge < -0.3 is 10.1 Å². The van der Waals surface area contributed by atoms with Crippen LogP contribution in [0.15, 0.2) is 60.0 Å². The molecule has 0 atom stereocenters. The van der Waals surface area contributed by atoms with Gasteiger partial charge in [-0.3, -0.25) is 19.7 Å². The van der Waals surface area contributed by atoms with E-state index in [1.165, 1.54) is 18.4 Å². The minimum atomic E-state index is -0.409. The van der Waals surface area contributed by atoms with E-state index >= 15 is 0 Å². The van der Waals surface area contributed by atoms with E-state index in [0.29, 0.717) is 33.1 Å². The van der Waals surface area contributed by atoms with Crippen LogP contribution in [0.1, 0.15) is 30.4 Å². The molecule has 0 saturated carbocycles. The van der Waals surface area contributed by atoms with Crippen LogP contribution in [-0.4, -0.2) is 29.9 Å². The van der Waals surface area contributed by atoms with Crippen molar-refractivity contribution < 1.29 is 19.1 Å². The summed E-state index contributed by atoms with van der Waals surface area (Å²) in [5.41, 5.74) is 1.56.